The van der Waals surface area contributed by atoms with Crippen LogP contribution in [-0.4, -0.2) is 15.2 Å². The Morgan fingerprint density at radius 1 is 1.00 bits per heavy atom. The molecular weight excluding hydrogens is 348 g/mol. The molecule has 0 amide bonds. The summed E-state index contributed by atoms with van der Waals surface area (Å²) >= 11 is 0. The third-order valence-corrected chi connectivity index (χ3v) is 4.16. The topological polar surface area (TPSA) is 34.4 Å². The molecule has 130 valence electrons. The zero-order valence-corrected chi connectivity index (χ0v) is 13.1. The van der Waals surface area contributed by atoms with E-state index >= 15 is 0 Å². The minimum Gasteiger partial charge on any atom is -0.301 e. The zero-order chi connectivity index (χ0) is 18.5. The second-order valence-electron chi connectivity index (χ2n) is 5.72. The first-order chi connectivity index (χ1) is 12.4. The van der Waals surface area contributed by atoms with E-state index in [-0.39, 0.29) is 22.1 Å². The Labute approximate surface area is 144 Å². The van der Waals surface area contributed by atoms with Crippen molar-refractivity contribution < 1.29 is 22.4 Å². The van der Waals surface area contributed by atoms with Gasteiger partial charge in [-0.3, -0.25) is 4.79 Å². The summed E-state index contributed by atoms with van der Waals surface area (Å²) in [5.74, 6) is -1.41. The van der Waals surface area contributed by atoms with Gasteiger partial charge in [-0.2, -0.15) is 13.2 Å². The largest absolute Gasteiger partial charge is 0.419 e. The molecule has 0 unspecified atom stereocenters. The van der Waals surface area contributed by atoms with Gasteiger partial charge in [0.05, 0.1) is 11.1 Å². The quantitative estimate of drug-likeness (QED) is 0.378. The van der Waals surface area contributed by atoms with Gasteiger partial charge < -0.3 is 4.40 Å². The number of aromatic nitrogens is 2. The summed E-state index contributed by atoms with van der Waals surface area (Å²) in [5, 5.41) is 0.0813. The highest BCUT2D eigenvalue weighted by atomic mass is 19.4. The molecular formula is C19H10F4N2O. The third kappa shape index (κ3) is 2.44. The van der Waals surface area contributed by atoms with E-state index in [0.717, 1.165) is 12.1 Å². The number of fused-ring (bicyclic) bond motifs is 3. The van der Waals surface area contributed by atoms with E-state index in [4.69, 9.17) is 0 Å². The van der Waals surface area contributed by atoms with Crippen LogP contribution < -0.4 is 0 Å². The zero-order valence-electron chi connectivity index (χ0n) is 13.1. The number of carbonyl (C=O) groups excluding carboxylic acids is 1. The number of halogens is 4. The van der Waals surface area contributed by atoms with E-state index in [0.29, 0.717) is 0 Å². The van der Waals surface area contributed by atoms with Gasteiger partial charge in [0, 0.05) is 28.9 Å². The van der Waals surface area contributed by atoms with E-state index in [2.05, 4.69) is 4.98 Å². The fraction of sp³-hybridized carbons (Fsp3) is 0.0526. The Morgan fingerprint density at radius 3 is 2.42 bits per heavy atom. The number of alkyl halides is 3. The van der Waals surface area contributed by atoms with Gasteiger partial charge in [-0.15, -0.1) is 0 Å². The molecule has 0 spiro atoms. The summed E-state index contributed by atoms with van der Waals surface area (Å²) in [6.07, 6.45) is -1.85. The maximum atomic E-state index is 13.9. The number of pyridine rings is 2. The summed E-state index contributed by atoms with van der Waals surface area (Å²) < 4.78 is 56.1. The van der Waals surface area contributed by atoms with Crippen LogP contribution in [0.25, 0.3) is 16.6 Å². The molecule has 4 aromatic rings. The third-order valence-electron chi connectivity index (χ3n) is 4.16. The molecule has 0 atom stereocenters. The van der Waals surface area contributed by atoms with Crippen molar-refractivity contribution in [1.82, 2.24) is 9.38 Å². The molecule has 0 aliphatic rings. The van der Waals surface area contributed by atoms with Crippen LogP contribution in [0.2, 0.25) is 0 Å². The highest BCUT2D eigenvalue weighted by Gasteiger charge is 2.39. The van der Waals surface area contributed by atoms with Gasteiger partial charge in [-0.1, -0.05) is 0 Å². The second kappa shape index (κ2) is 5.66. The Kier molecular flexibility index (Phi) is 3.54. The minimum atomic E-state index is -4.76. The summed E-state index contributed by atoms with van der Waals surface area (Å²) in [6, 6.07) is 10.1. The van der Waals surface area contributed by atoms with Crippen LogP contribution >= 0.6 is 0 Å². The SMILES string of the molecule is O=C(c1ccc(F)cc1)c1c(C(F)(F)F)c2cccn2c2ncccc12. The molecule has 0 radical (unpaired) electrons. The van der Waals surface area contributed by atoms with Gasteiger partial charge in [-0.25, -0.2) is 9.37 Å². The molecule has 0 fully saturated rings. The van der Waals surface area contributed by atoms with E-state index in [1.807, 2.05) is 0 Å². The number of benzene rings is 1. The molecule has 0 aliphatic heterocycles. The molecule has 4 rings (SSSR count). The van der Waals surface area contributed by atoms with Crippen molar-refractivity contribution in [2.24, 2.45) is 0 Å². The molecule has 3 nitrogen and oxygen atoms in total. The first-order valence-corrected chi connectivity index (χ1v) is 7.63. The Morgan fingerprint density at radius 2 is 1.73 bits per heavy atom. The predicted octanol–water partition coefficient (Wildman–Crippen LogP) is 4.88. The summed E-state index contributed by atoms with van der Waals surface area (Å²) in [6.45, 7) is 0. The number of carbonyl (C=O) groups is 1. The van der Waals surface area contributed by atoms with Crippen molar-refractivity contribution in [3.05, 3.63) is 83.4 Å². The highest BCUT2D eigenvalue weighted by molar-refractivity contribution is 6.18. The molecule has 0 aliphatic carbocycles. The van der Waals surface area contributed by atoms with E-state index < -0.39 is 28.9 Å². The van der Waals surface area contributed by atoms with Crippen LogP contribution in [0.4, 0.5) is 17.6 Å². The van der Waals surface area contributed by atoms with Crippen LogP contribution in [0.5, 0.6) is 0 Å². The monoisotopic (exact) mass is 358 g/mol. The van der Waals surface area contributed by atoms with E-state index in [1.54, 1.807) is 0 Å². The maximum absolute atomic E-state index is 13.9. The number of hydrogen-bond donors (Lipinski definition) is 0. The van der Waals surface area contributed by atoms with Crippen LogP contribution in [0.1, 0.15) is 21.5 Å². The summed E-state index contributed by atoms with van der Waals surface area (Å²) in [7, 11) is 0. The van der Waals surface area contributed by atoms with E-state index in [1.165, 1.54) is 53.2 Å². The molecule has 0 N–H and O–H groups in total. The number of rotatable bonds is 2. The van der Waals surface area contributed by atoms with Crippen molar-refractivity contribution in [2.75, 3.05) is 0 Å². The first-order valence-electron chi connectivity index (χ1n) is 7.63. The molecule has 3 heterocycles. The second-order valence-corrected chi connectivity index (χ2v) is 5.72. The van der Waals surface area contributed by atoms with Crippen molar-refractivity contribution in [1.29, 1.82) is 0 Å². The normalized spacial score (nSPS) is 12.0. The van der Waals surface area contributed by atoms with Crippen LogP contribution in [0.15, 0.2) is 60.9 Å². The Balaban J connectivity index is 2.14. The molecule has 0 bridgehead atoms. The Bertz CT molecular complexity index is 1140. The standard InChI is InChI=1S/C19H10F4N2O/c20-12-7-5-11(6-8-12)17(26)15-13-3-1-9-24-18(13)25-10-2-4-14(25)16(15)19(21,22)23/h1-10H. The van der Waals surface area contributed by atoms with Gasteiger partial charge >= 0.3 is 6.18 Å². The average Bonchev–Trinajstić information content (AvgIpc) is 3.09. The summed E-state index contributed by atoms with van der Waals surface area (Å²) in [4.78, 5) is 17.1. The lowest BCUT2D eigenvalue weighted by atomic mass is 9.95. The van der Waals surface area contributed by atoms with Gasteiger partial charge in [0.2, 0.25) is 0 Å². The van der Waals surface area contributed by atoms with Gasteiger partial charge in [0.25, 0.3) is 0 Å². The lowest BCUT2D eigenvalue weighted by molar-refractivity contribution is -0.136. The smallest absolute Gasteiger partial charge is 0.301 e. The molecule has 1 aromatic carbocycles. The number of nitrogens with zero attached hydrogens (tertiary/aromatic N) is 2. The molecule has 0 saturated heterocycles. The van der Waals surface area contributed by atoms with Gasteiger partial charge in [0.15, 0.2) is 5.78 Å². The van der Waals surface area contributed by atoms with Gasteiger partial charge in [-0.05, 0) is 48.5 Å². The minimum absolute atomic E-state index is 0.0297. The van der Waals surface area contributed by atoms with Crippen molar-refractivity contribution in [3.63, 3.8) is 0 Å². The molecule has 26 heavy (non-hydrogen) atoms. The van der Waals surface area contributed by atoms with Crippen LogP contribution in [0.3, 0.4) is 0 Å². The summed E-state index contributed by atoms with van der Waals surface area (Å²) in [5.41, 5.74) is -1.46. The first kappa shape index (κ1) is 16.3. The maximum Gasteiger partial charge on any atom is 0.419 e. The average molecular weight is 358 g/mol. The number of ketones is 1. The molecule has 7 heteroatoms. The molecule has 0 saturated carbocycles. The fourth-order valence-corrected chi connectivity index (χ4v) is 3.08. The Hall–Kier alpha value is -3.22. The van der Waals surface area contributed by atoms with Crippen LogP contribution in [0, 0.1) is 5.82 Å². The lowest BCUT2D eigenvalue weighted by Crippen LogP contribution is -2.17. The highest BCUT2D eigenvalue weighted by Crippen LogP contribution is 2.39. The fourth-order valence-electron chi connectivity index (χ4n) is 3.08. The molecule has 3 aromatic heterocycles. The van der Waals surface area contributed by atoms with Crippen LogP contribution in [-0.2, 0) is 6.18 Å². The van der Waals surface area contributed by atoms with Crippen molar-refractivity contribution in [3.8, 4) is 0 Å². The van der Waals surface area contributed by atoms with Gasteiger partial charge in [0.1, 0.15) is 11.5 Å². The van der Waals surface area contributed by atoms with Crippen molar-refractivity contribution >= 4 is 22.3 Å². The predicted molar refractivity (Wildman–Crippen MR) is 87.5 cm³/mol. The number of hydrogen-bond acceptors (Lipinski definition) is 2. The van der Waals surface area contributed by atoms with E-state index in [9.17, 15) is 22.4 Å². The lowest BCUT2D eigenvalue weighted by Gasteiger charge is -2.17. The van der Waals surface area contributed by atoms with Crippen molar-refractivity contribution in [2.45, 2.75) is 6.18 Å².